The van der Waals surface area contributed by atoms with Crippen LogP contribution in [0.25, 0.3) is 22.8 Å². The first-order valence-electron chi connectivity index (χ1n) is 11.6. The quantitative estimate of drug-likeness (QED) is 0.294. The molecule has 6 rings (SSSR count). The highest BCUT2D eigenvalue weighted by Crippen LogP contribution is 2.37. The molecule has 1 aromatic heterocycles. The van der Waals surface area contributed by atoms with E-state index in [9.17, 15) is 10.1 Å². The SMILES string of the molecule is Cc1ccccc1-c1noc(-c2ccc(N3CCN(c4ccc5c(c4)OCO5)CC3)c([N+](=O)[O-])c2)n1. The molecule has 0 aliphatic carbocycles. The van der Waals surface area contributed by atoms with Crippen molar-refractivity contribution in [3.8, 4) is 34.3 Å². The summed E-state index contributed by atoms with van der Waals surface area (Å²) in [6.07, 6.45) is 0. The molecule has 3 aromatic carbocycles. The molecule has 0 bridgehead atoms. The number of nitro benzene ring substituents is 1. The van der Waals surface area contributed by atoms with Crippen molar-refractivity contribution in [1.82, 2.24) is 10.1 Å². The molecule has 36 heavy (non-hydrogen) atoms. The van der Waals surface area contributed by atoms with Gasteiger partial charge >= 0.3 is 0 Å². The van der Waals surface area contributed by atoms with Crippen LogP contribution in [0, 0.1) is 17.0 Å². The zero-order valence-electron chi connectivity index (χ0n) is 19.6. The summed E-state index contributed by atoms with van der Waals surface area (Å²) in [7, 11) is 0. The molecule has 0 saturated carbocycles. The Morgan fingerprint density at radius 1 is 0.917 bits per heavy atom. The third-order valence-corrected chi connectivity index (χ3v) is 6.57. The number of aromatic nitrogens is 2. The molecule has 0 amide bonds. The molecule has 1 fully saturated rings. The van der Waals surface area contributed by atoms with Crippen molar-refractivity contribution in [3.63, 3.8) is 0 Å². The summed E-state index contributed by atoms with van der Waals surface area (Å²) < 4.78 is 16.3. The first kappa shape index (κ1) is 21.9. The van der Waals surface area contributed by atoms with Crippen LogP contribution in [0.4, 0.5) is 17.1 Å². The van der Waals surface area contributed by atoms with E-state index in [1.54, 1.807) is 12.1 Å². The molecule has 0 radical (unpaired) electrons. The smallest absolute Gasteiger partial charge is 0.293 e. The van der Waals surface area contributed by atoms with E-state index in [1.807, 2.05) is 54.3 Å². The number of hydrogen-bond acceptors (Lipinski definition) is 9. The zero-order chi connectivity index (χ0) is 24.6. The van der Waals surface area contributed by atoms with Crippen LogP contribution in [0.5, 0.6) is 11.5 Å². The van der Waals surface area contributed by atoms with Crippen LogP contribution in [0.2, 0.25) is 0 Å². The molecule has 2 aliphatic rings. The number of piperazine rings is 1. The van der Waals surface area contributed by atoms with Gasteiger partial charge in [-0.1, -0.05) is 29.4 Å². The van der Waals surface area contributed by atoms with Gasteiger partial charge in [0, 0.05) is 55.1 Å². The average molecular weight is 486 g/mol. The Morgan fingerprint density at radius 3 is 2.50 bits per heavy atom. The highest BCUT2D eigenvalue weighted by atomic mass is 16.7. The summed E-state index contributed by atoms with van der Waals surface area (Å²) in [6.45, 7) is 4.95. The predicted molar refractivity (Wildman–Crippen MR) is 134 cm³/mol. The van der Waals surface area contributed by atoms with Crippen molar-refractivity contribution < 1.29 is 18.9 Å². The molecule has 4 aromatic rings. The normalized spacial score (nSPS) is 14.8. The van der Waals surface area contributed by atoms with Gasteiger partial charge in [0.1, 0.15) is 5.69 Å². The topological polar surface area (TPSA) is 107 Å². The molecule has 0 spiro atoms. The number of nitrogens with zero attached hydrogens (tertiary/aromatic N) is 5. The lowest BCUT2D eigenvalue weighted by molar-refractivity contribution is -0.384. The third-order valence-electron chi connectivity index (χ3n) is 6.57. The van der Waals surface area contributed by atoms with Crippen LogP contribution in [0.3, 0.4) is 0 Å². The number of aryl methyl sites for hydroxylation is 1. The molecule has 1 saturated heterocycles. The molecule has 182 valence electrons. The highest BCUT2D eigenvalue weighted by Gasteiger charge is 2.26. The average Bonchev–Trinajstić information content (AvgIpc) is 3.58. The Hall–Kier alpha value is -4.60. The molecule has 3 heterocycles. The van der Waals surface area contributed by atoms with Crippen LogP contribution < -0.4 is 19.3 Å². The van der Waals surface area contributed by atoms with Gasteiger partial charge in [-0.2, -0.15) is 4.98 Å². The zero-order valence-corrected chi connectivity index (χ0v) is 19.6. The number of fused-ring (bicyclic) bond motifs is 1. The second-order valence-corrected chi connectivity index (χ2v) is 8.71. The minimum Gasteiger partial charge on any atom is -0.454 e. The monoisotopic (exact) mass is 485 g/mol. The van der Waals surface area contributed by atoms with E-state index in [0.717, 1.165) is 41.4 Å². The van der Waals surface area contributed by atoms with E-state index in [-0.39, 0.29) is 23.3 Å². The minimum absolute atomic E-state index is 0.0136. The summed E-state index contributed by atoms with van der Waals surface area (Å²) in [4.78, 5) is 20.4. The third kappa shape index (κ3) is 3.96. The van der Waals surface area contributed by atoms with Gasteiger partial charge < -0.3 is 23.8 Å². The van der Waals surface area contributed by atoms with Gasteiger partial charge in [0.15, 0.2) is 11.5 Å². The molecule has 10 heteroatoms. The maximum atomic E-state index is 12.0. The fourth-order valence-corrected chi connectivity index (χ4v) is 4.63. The summed E-state index contributed by atoms with van der Waals surface area (Å²) in [6, 6.07) is 18.7. The number of ether oxygens (including phenoxy) is 2. The number of hydrogen-bond donors (Lipinski definition) is 0. The largest absolute Gasteiger partial charge is 0.454 e. The van der Waals surface area contributed by atoms with Crippen molar-refractivity contribution in [2.45, 2.75) is 6.92 Å². The lowest BCUT2D eigenvalue weighted by atomic mass is 10.1. The number of benzene rings is 3. The van der Waals surface area contributed by atoms with E-state index < -0.39 is 0 Å². The Labute approximate surface area is 206 Å². The molecule has 0 atom stereocenters. The molecule has 0 N–H and O–H groups in total. The Kier molecular flexibility index (Phi) is 5.40. The summed E-state index contributed by atoms with van der Waals surface area (Å²) in [5, 5.41) is 16.1. The van der Waals surface area contributed by atoms with E-state index in [1.165, 1.54) is 6.07 Å². The molecule has 2 aliphatic heterocycles. The highest BCUT2D eigenvalue weighted by molar-refractivity contribution is 5.72. The Balaban J connectivity index is 1.21. The fraction of sp³-hybridized carbons (Fsp3) is 0.231. The van der Waals surface area contributed by atoms with Crippen molar-refractivity contribution in [2.75, 3.05) is 42.8 Å². The van der Waals surface area contributed by atoms with Gasteiger partial charge in [-0.25, -0.2) is 0 Å². The first-order valence-corrected chi connectivity index (χ1v) is 11.6. The van der Waals surface area contributed by atoms with Gasteiger partial charge in [0.2, 0.25) is 12.6 Å². The van der Waals surface area contributed by atoms with Crippen LogP contribution in [0.15, 0.2) is 65.2 Å². The van der Waals surface area contributed by atoms with Gasteiger partial charge in [0.05, 0.1) is 4.92 Å². The Bertz CT molecular complexity index is 1440. The fourth-order valence-electron chi connectivity index (χ4n) is 4.63. The van der Waals surface area contributed by atoms with E-state index in [0.29, 0.717) is 30.2 Å². The summed E-state index contributed by atoms with van der Waals surface area (Å²) in [5.74, 6) is 2.19. The lowest BCUT2D eigenvalue weighted by Gasteiger charge is -2.37. The number of nitro groups is 1. The summed E-state index contributed by atoms with van der Waals surface area (Å²) >= 11 is 0. The maximum Gasteiger partial charge on any atom is 0.293 e. The van der Waals surface area contributed by atoms with Crippen molar-refractivity contribution >= 4 is 17.1 Å². The van der Waals surface area contributed by atoms with Gasteiger partial charge in [-0.3, -0.25) is 10.1 Å². The second kappa shape index (κ2) is 8.88. The van der Waals surface area contributed by atoms with Crippen LogP contribution in [-0.4, -0.2) is 48.0 Å². The molecular formula is C26H23N5O5. The maximum absolute atomic E-state index is 12.0. The molecule has 0 unspecified atom stereocenters. The van der Waals surface area contributed by atoms with Gasteiger partial charge in [-0.05, 0) is 36.8 Å². The number of anilines is 2. The standard InChI is InChI=1S/C26H23N5O5/c1-17-4-2-3-5-20(17)25-27-26(36-28-25)18-6-8-21(22(14-18)31(32)33)30-12-10-29(11-13-30)19-7-9-23-24(15-19)35-16-34-23/h2-9,14-15H,10-13,16H2,1H3. The predicted octanol–water partition coefficient (Wildman–Crippen LogP) is 4.68. The molecular weight excluding hydrogens is 462 g/mol. The van der Waals surface area contributed by atoms with E-state index >= 15 is 0 Å². The van der Waals surface area contributed by atoms with Gasteiger partial charge in [0.25, 0.3) is 11.6 Å². The van der Waals surface area contributed by atoms with Crippen LogP contribution >= 0.6 is 0 Å². The lowest BCUT2D eigenvalue weighted by Crippen LogP contribution is -2.46. The van der Waals surface area contributed by atoms with Crippen LogP contribution in [0.1, 0.15) is 5.56 Å². The first-order chi connectivity index (χ1) is 17.6. The minimum atomic E-state index is -0.359. The second-order valence-electron chi connectivity index (χ2n) is 8.71. The Morgan fingerprint density at radius 2 is 1.69 bits per heavy atom. The van der Waals surface area contributed by atoms with E-state index in [2.05, 4.69) is 15.0 Å². The number of rotatable bonds is 5. The van der Waals surface area contributed by atoms with Crippen molar-refractivity contribution in [1.29, 1.82) is 0 Å². The molecule has 10 nitrogen and oxygen atoms in total. The van der Waals surface area contributed by atoms with Crippen LogP contribution in [-0.2, 0) is 0 Å². The van der Waals surface area contributed by atoms with Crippen molar-refractivity contribution in [3.05, 3.63) is 76.3 Å². The summed E-state index contributed by atoms with van der Waals surface area (Å²) in [5.41, 5.74) is 4.03. The van der Waals surface area contributed by atoms with E-state index in [4.69, 9.17) is 14.0 Å². The van der Waals surface area contributed by atoms with Gasteiger partial charge in [-0.15, -0.1) is 0 Å². The van der Waals surface area contributed by atoms with Crippen molar-refractivity contribution in [2.24, 2.45) is 0 Å².